The Morgan fingerprint density at radius 2 is 2.00 bits per heavy atom. The fourth-order valence-corrected chi connectivity index (χ4v) is 4.64. The van der Waals surface area contributed by atoms with E-state index in [0.717, 1.165) is 31.0 Å². The summed E-state index contributed by atoms with van der Waals surface area (Å²) in [7, 11) is 0. The zero-order chi connectivity index (χ0) is 23.0. The van der Waals surface area contributed by atoms with Crippen LogP contribution in [-0.4, -0.2) is 42.7 Å². The van der Waals surface area contributed by atoms with Crippen molar-refractivity contribution in [1.82, 2.24) is 29.0 Å². The summed E-state index contributed by atoms with van der Waals surface area (Å²) in [5, 5.41) is 2.82. The smallest absolute Gasteiger partial charge is 0.270 e. The molecular formula is C25H28N6O2. The van der Waals surface area contributed by atoms with Gasteiger partial charge in [0.05, 0.1) is 12.2 Å². The number of aromatic nitrogens is 4. The molecule has 1 fully saturated rings. The minimum absolute atomic E-state index is 0.0988. The van der Waals surface area contributed by atoms with Crippen molar-refractivity contribution in [3.63, 3.8) is 0 Å². The van der Waals surface area contributed by atoms with Gasteiger partial charge in [-0.2, -0.15) is 0 Å². The number of rotatable bonds is 5. The second-order valence-electron chi connectivity index (χ2n) is 9.60. The second-order valence-corrected chi connectivity index (χ2v) is 9.60. The van der Waals surface area contributed by atoms with Crippen LogP contribution in [0.1, 0.15) is 48.4 Å². The van der Waals surface area contributed by atoms with E-state index in [1.54, 1.807) is 24.4 Å². The molecule has 1 aliphatic rings. The van der Waals surface area contributed by atoms with Crippen molar-refractivity contribution in [3.05, 3.63) is 82.3 Å². The van der Waals surface area contributed by atoms with Gasteiger partial charge in [0, 0.05) is 37.7 Å². The van der Waals surface area contributed by atoms with Crippen molar-refractivity contribution < 1.29 is 4.79 Å². The highest BCUT2D eigenvalue weighted by Gasteiger charge is 2.26. The van der Waals surface area contributed by atoms with Gasteiger partial charge in [-0.15, -0.1) is 0 Å². The lowest BCUT2D eigenvalue weighted by atomic mass is 9.84. The third-order valence-corrected chi connectivity index (χ3v) is 6.18. The molecule has 8 heteroatoms. The molecule has 170 valence electrons. The van der Waals surface area contributed by atoms with E-state index in [0.29, 0.717) is 11.1 Å². The van der Waals surface area contributed by atoms with Gasteiger partial charge in [-0.3, -0.25) is 18.9 Å². The molecule has 0 spiro atoms. The Hall–Kier alpha value is -3.52. The van der Waals surface area contributed by atoms with E-state index < -0.39 is 5.91 Å². The summed E-state index contributed by atoms with van der Waals surface area (Å²) in [6.07, 6.45) is 8.19. The van der Waals surface area contributed by atoms with Crippen molar-refractivity contribution >= 4 is 17.2 Å². The largest absolute Gasteiger partial charge is 0.345 e. The summed E-state index contributed by atoms with van der Waals surface area (Å²) < 4.78 is 3.41. The first-order chi connectivity index (χ1) is 15.9. The van der Waals surface area contributed by atoms with Crippen LogP contribution in [0.5, 0.6) is 0 Å². The third-order valence-electron chi connectivity index (χ3n) is 6.18. The molecule has 0 atom stereocenters. The van der Waals surface area contributed by atoms with E-state index in [2.05, 4.69) is 46.3 Å². The summed E-state index contributed by atoms with van der Waals surface area (Å²) in [6, 6.07) is 10.6. The number of nitrogens with one attached hydrogen (secondary N) is 1. The molecule has 5 heterocycles. The lowest BCUT2D eigenvalue weighted by Gasteiger charge is -2.38. The van der Waals surface area contributed by atoms with Gasteiger partial charge >= 0.3 is 0 Å². The van der Waals surface area contributed by atoms with Gasteiger partial charge in [0.25, 0.3) is 11.5 Å². The average molecular weight is 445 g/mol. The number of nitrogens with zero attached hydrogens (tertiary/aromatic N) is 5. The Balaban J connectivity index is 1.27. The van der Waals surface area contributed by atoms with Crippen LogP contribution in [0.15, 0.2) is 59.8 Å². The van der Waals surface area contributed by atoms with E-state index in [4.69, 9.17) is 0 Å². The number of carbonyl (C=O) groups is 1. The SMILES string of the molecule is CC1(C)CCCN(Cc2ccc3nc(CNC(=O)c4cc(=O)n5ccccc5n4)cn3c2)C1. The second kappa shape index (κ2) is 8.44. The number of piperidine rings is 1. The van der Waals surface area contributed by atoms with Crippen LogP contribution in [0.25, 0.3) is 11.3 Å². The third kappa shape index (κ3) is 4.66. The zero-order valence-corrected chi connectivity index (χ0v) is 19.0. The summed E-state index contributed by atoms with van der Waals surface area (Å²) in [6.45, 7) is 8.10. The summed E-state index contributed by atoms with van der Waals surface area (Å²) >= 11 is 0. The average Bonchev–Trinajstić information content (AvgIpc) is 3.19. The predicted molar refractivity (Wildman–Crippen MR) is 126 cm³/mol. The Bertz CT molecular complexity index is 1390. The van der Waals surface area contributed by atoms with Gasteiger partial charge in [0.15, 0.2) is 0 Å². The highest BCUT2D eigenvalue weighted by Crippen LogP contribution is 2.29. The lowest BCUT2D eigenvalue weighted by Crippen LogP contribution is -2.39. The molecule has 0 bridgehead atoms. The maximum absolute atomic E-state index is 12.6. The van der Waals surface area contributed by atoms with Crippen LogP contribution < -0.4 is 10.9 Å². The molecule has 1 saturated heterocycles. The van der Waals surface area contributed by atoms with E-state index in [-0.39, 0.29) is 17.8 Å². The van der Waals surface area contributed by atoms with Crippen LogP contribution in [0.4, 0.5) is 0 Å². The van der Waals surface area contributed by atoms with Crippen LogP contribution >= 0.6 is 0 Å². The summed E-state index contributed by atoms with van der Waals surface area (Å²) in [5.41, 5.74) is 3.45. The number of pyridine rings is 2. The van der Waals surface area contributed by atoms with Gasteiger partial charge in [-0.25, -0.2) is 9.97 Å². The van der Waals surface area contributed by atoms with Crippen LogP contribution in [0.2, 0.25) is 0 Å². The van der Waals surface area contributed by atoms with Crippen molar-refractivity contribution in [3.8, 4) is 0 Å². The quantitative estimate of drug-likeness (QED) is 0.512. The standard InChI is InChI=1S/C25H28N6O2/c1-25(2)9-5-10-29(17-25)14-18-7-8-21-27-19(16-30(21)15-18)13-26-24(33)20-12-23(32)31-11-4-3-6-22(31)28-20/h3-4,6-8,11-12,15-16H,5,9-10,13-14,17H2,1-2H3,(H,26,33). The summed E-state index contributed by atoms with van der Waals surface area (Å²) in [4.78, 5) is 36.2. The fraction of sp³-hybridized carbons (Fsp3) is 0.360. The molecule has 0 aliphatic carbocycles. The molecule has 1 amide bonds. The Kier molecular flexibility index (Phi) is 5.46. The first-order valence-corrected chi connectivity index (χ1v) is 11.3. The van der Waals surface area contributed by atoms with Gasteiger partial charge in [0.2, 0.25) is 0 Å². The zero-order valence-electron chi connectivity index (χ0n) is 19.0. The van der Waals surface area contributed by atoms with Crippen LogP contribution in [0.3, 0.4) is 0 Å². The van der Waals surface area contributed by atoms with Crippen LogP contribution in [0, 0.1) is 5.41 Å². The van der Waals surface area contributed by atoms with E-state index in [9.17, 15) is 9.59 Å². The number of likely N-dealkylation sites (tertiary alicyclic amines) is 1. The topological polar surface area (TPSA) is 84.0 Å². The first-order valence-electron chi connectivity index (χ1n) is 11.3. The Morgan fingerprint density at radius 3 is 2.85 bits per heavy atom. The van der Waals surface area contributed by atoms with E-state index >= 15 is 0 Å². The molecule has 1 aliphatic heterocycles. The summed E-state index contributed by atoms with van der Waals surface area (Å²) in [5.74, 6) is -0.399. The molecule has 0 saturated carbocycles. The highest BCUT2D eigenvalue weighted by molar-refractivity contribution is 5.92. The number of fused-ring (bicyclic) bond motifs is 2. The number of carbonyl (C=O) groups excluding carboxylic acids is 1. The number of hydrogen-bond acceptors (Lipinski definition) is 5. The minimum atomic E-state index is -0.399. The molecule has 1 N–H and O–H groups in total. The maximum atomic E-state index is 12.6. The predicted octanol–water partition coefficient (Wildman–Crippen LogP) is 2.89. The van der Waals surface area contributed by atoms with Crippen molar-refractivity contribution in [1.29, 1.82) is 0 Å². The molecule has 5 rings (SSSR count). The molecular weight excluding hydrogens is 416 g/mol. The van der Waals surface area contributed by atoms with Crippen molar-refractivity contribution in [2.75, 3.05) is 13.1 Å². The van der Waals surface area contributed by atoms with Crippen LogP contribution in [-0.2, 0) is 13.1 Å². The van der Waals surface area contributed by atoms with E-state index in [1.807, 2.05) is 16.7 Å². The highest BCUT2D eigenvalue weighted by atomic mass is 16.2. The maximum Gasteiger partial charge on any atom is 0.270 e. The lowest BCUT2D eigenvalue weighted by molar-refractivity contribution is 0.0945. The Morgan fingerprint density at radius 1 is 1.12 bits per heavy atom. The number of amides is 1. The number of hydrogen-bond donors (Lipinski definition) is 1. The first kappa shape index (κ1) is 21.3. The molecule has 33 heavy (non-hydrogen) atoms. The van der Waals surface area contributed by atoms with Gasteiger partial charge in [-0.1, -0.05) is 26.0 Å². The normalized spacial score (nSPS) is 16.3. The molecule has 0 radical (unpaired) electrons. The fourth-order valence-electron chi connectivity index (χ4n) is 4.64. The van der Waals surface area contributed by atoms with Gasteiger partial charge in [-0.05, 0) is 48.6 Å². The Labute approximate surface area is 191 Å². The van der Waals surface area contributed by atoms with Crippen molar-refractivity contribution in [2.24, 2.45) is 5.41 Å². The van der Waals surface area contributed by atoms with Gasteiger partial charge in [0.1, 0.15) is 17.0 Å². The molecule has 4 aromatic rings. The van der Waals surface area contributed by atoms with Crippen molar-refractivity contribution in [2.45, 2.75) is 39.8 Å². The molecule has 4 aromatic heterocycles. The monoisotopic (exact) mass is 444 g/mol. The number of imidazole rings is 1. The molecule has 0 unspecified atom stereocenters. The minimum Gasteiger partial charge on any atom is -0.345 e. The van der Waals surface area contributed by atoms with E-state index in [1.165, 1.54) is 28.9 Å². The van der Waals surface area contributed by atoms with Gasteiger partial charge < -0.3 is 9.72 Å². The molecule has 0 aromatic carbocycles. The molecule has 8 nitrogen and oxygen atoms in total.